The summed E-state index contributed by atoms with van der Waals surface area (Å²) in [6.07, 6.45) is 8.10. The fourth-order valence-electron chi connectivity index (χ4n) is 3.06. The number of hydrogen-bond donors (Lipinski definition) is 1. The van der Waals surface area contributed by atoms with Crippen molar-refractivity contribution in [1.82, 2.24) is 20.0 Å². The SMILES string of the molecule is CN(CC1CCC1)C(=O)c1ccn(C2CCCNC2)n1. The van der Waals surface area contributed by atoms with Crippen molar-refractivity contribution in [2.24, 2.45) is 5.92 Å². The minimum Gasteiger partial charge on any atom is -0.340 e. The van der Waals surface area contributed by atoms with E-state index in [0.29, 0.717) is 17.7 Å². The van der Waals surface area contributed by atoms with Crippen LogP contribution in [0.25, 0.3) is 0 Å². The first-order chi connectivity index (χ1) is 9.74. The number of aromatic nitrogens is 2. The highest BCUT2D eigenvalue weighted by Gasteiger charge is 2.24. The minimum atomic E-state index is 0.0550. The minimum absolute atomic E-state index is 0.0550. The zero-order valence-electron chi connectivity index (χ0n) is 12.2. The molecule has 1 aliphatic heterocycles. The molecule has 2 heterocycles. The van der Waals surface area contributed by atoms with Crippen LogP contribution < -0.4 is 5.32 Å². The normalized spacial score (nSPS) is 23.4. The lowest BCUT2D eigenvalue weighted by atomic mass is 9.85. The molecule has 0 spiro atoms. The van der Waals surface area contributed by atoms with Crippen LogP contribution in [0.2, 0.25) is 0 Å². The molecule has 1 amide bonds. The van der Waals surface area contributed by atoms with E-state index < -0.39 is 0 Å². The van der Waals surface area contributed by atoms with Gasteiger partial charge in [0.1, 0.15) is 5.69 Å². The van der Waals surface area contributed by atoms with Gasteiger partial charge in [0.15, 0.2) is 0 Å². The number of carbonyl (C=O) groups excluding carboxylic acids is 1. The molecular weight excluding hydrogens is 252 g/mol. The lowest BCUT2D eigenvalue weighted by molar-refractivity contribution is 0.0738. The molecule has 5 heteroatoms. The Morgan fingerprint density at radius 3 is 2.95 bits per heavy atom. The summed E-state index contributed by atoms with van der Waals surface area (Å²) >= 11 is 0. The number of nitrogens with zero attached hydrogens (tertiary/aromatic N) is 3. The summed E-state index contributed by atoms with van der Waals surface area (Å²) in [5.41, 5.74) is 0.581. The van der Waals surface area contributed by atoms with Crippen molar-refractivity contribution in [3.05, 3.63) is 18.0 Å². The third kappa shape index (κ3) is 2.87. The Hall–Kier alpha value is -1.36. The van der Waals surface area contributed by atoms with E-state index in [1.165, 1.54) is 25.7 Å². The first kappa shape index (κ1) is 13.6. The van der Waals surface area contributed by atoms with E-state index in [4.69, 9.17) is 0 Å². The highest BCUT2D eigenvalue weighted by Crippen LogP contribution is 2.27. The second kappa shape index (κ2) is 5.95. The molecule has 0 radical (unpaired) electrons. The zero-order chi connectivity index (χ0) is 13.9. The molecule has 1 aromatic heterocycles. The molecule has 110 valence electrons. The summed E-state index contributed by atoms with van der Waals surface area (Å²) in [6.45, 7) is 2.91. The molecule has 1 saturated carbocycles. The molecule has 1 unspecified atom stereocenters. The molecule has 1 saturated heterocycles. The Balaban J connectivity index is 1.61. The average molecular weight is 276 g/mol. The Bertz CT molecular complexity index is 460. The number of piperidine rings is 1. The van der Waals surface area contributed by atoms with E-state index in [0.717, 1.165) is 26.1 Å². The summed E-state index contributed by atoms with van der Waals surface area (Å²) in [7, 11) is 1.89. The smallest absolute Gasteiger partial charge is 0.274 e. The Morgan fingerprint density at radius 1 is 1.45 bits per heavy atom. The first-order valence-electron chi connectivity index (χ1n) is 7.75. The van der Waals surface area contributed by atoms with E-state index in [1.807, 2.05) is 28.9 Å². The van der Waals surface area contributed by atoms with Gasteiger partial charge in [-0.2, -0.15) is 5.10 Å². The van der Waals surface area contributed by atoms with Crippen molar-refractivity contribution in [1.29, 1.82) is 0 Å². The molecular formula is C15H24N4O. The Labute approximate surface area is 120 Å². The van der Waals surface area contributed by atoms with Crippen molar-refractivity contribution in [2.75, 3.05) is 26.7 Å². The van der Waals surface area contributed by atoms with E-state index >= 15 is 0 Å². The van der Waals surface area contributed by atoms with Crippen molar-refractivity contribution in [2.45, 2.75) is 38.1 Å². The molecule has 0 bridgehead atoms. The second-order valence-electron chi connectivity index (χ2n) is 6.16. The van der Waals surface area contributed by atoms with Crippen LogP contribution in [-0.4, -0.2) is 47.3 Å². The predicted octanol–water partition coefficient (Wildman–Crippen LogP) is 1.68. The first-order valence-corrected chi connectivity index (χ1v) is 7.75. The summed E-state index contributed by atoms with van der Waals surface area (Å²) in [6, 6.07) is 2.25. The van der Waals surface area contributed by atoms with Crippen LogP contribution >= 0.6 is 0 Å². The van der Waals surface area contributed by atoms with Gasteiger partial charge < -0.3 is 10.2 Å². The molecule has 2 aliphatic rings. The standard InChI is InChI=1S/C15H24N4O/c1-18(11-12-4-2-5-12)15(20)14-7-9-19(17-14)13-6-3-8-16-10-13/h7,9,12-13,16H,2-6,8,10-11H2,1H3. The summed E-state index contributed by atoms with van der Waals surface area (Å²) in [4.78, 5) is 14.2. The number of carbonyl (C=O) groups is 1. The number of rotatable bonds is 4. The van der Waals surface area contributed by atoms with Gasteiger partial charge in [-0.3, -0.25) is 9.48 Å². The third-order valence-corrected chi connectivity index (χ3v) is 4.58. The van der Waals surface area contributed by atoms with Gasteiger partial charge in [0, 0.05) is 26.3 Å². The van der Waals surface area contributed by atoms with Crippen molar-refractivity contribution in [3.8, 4) is 0 Å². The van der Waals surface area contributed by atoms with Crippen molar-refractivity contribution < 1.29 is 4.79 Å². The van der Waals surface area contributed by atoms with Crippen molar-refractivity contribution >= 4 is 5.91 Å². The predicted molar refractivity (Wildman–Crippen MR) is 77.7 cm³/mol. The Morgan fingerprint density at radius 2 is 2.30 bits per heavy atom. The van der Waals surface area contributed by atoms with Crippen LogP contribution in [0.4, 0.5) is 0 Å². The maximum Gasteiger partial charge on any atom is 0.274 e. The fraction of sp³-hybridized carbons (Fsp3) is 0.733. The molecule has 1 aliphatic carbocycles. The lowest BCUT2D eigenvalue weighted by Gasteiger charge is -2.29. The third-order valence-electron chi connectivity index (χ3n) is 4.58. The van der Waals surface area contributed by atoms with Crippen LogP contribution in [0.3, 0.4) is 0 Å². The largest absolute Gasteiger partial charge is 0.340 e. The molecule has 20 heavy (non-hydrogen) atoms. The summed E-state index contributed by atoms with van der Waals surface area (Å²) < 4.78 is 1.95. The molecule has 1 aromatic rings. The van der Waals surface area contributed by atoms with E-state index in [9.17, 15) is 4.79 Å². The lowest BCUT2D eigenvalue weighted by Crippen LogP contribution is -2.35. The van der Waals surface area contributed by atoms with Crippen LogP contribution in [0.15, 0.2) is 12.3 Å². The van der Waals surface area contributed by atoms with Gasteiger partial charge in [0.25, 0.3) is 5.91 Å². The van der Waals surface area contributed by atoms with Crippen LogP contribution in [0.5, 0.6) is 0 Å². The van der Waals surface area contributed by atoms with Gasteiger partial charge in [-0.05, 0) is 44.2 Å². The van der Waals surface area contributed by atoms with Gasteiger partial charge in [0.05, 0.1) is 6.04 Å². The van der Waals surface area contributed by atoms with Gasteiger partial charge in [0.2, 0.25) is 0 Å². The van der Waals surface area contributed by atoms with Gasteiger partial charge in [-0.15, -0.1) is 0 Å². The number of amides is 1. The molecule has 0 aromatic carbocycles. The van der Waals surface area contributed by atoms with Crippen LogP contribution in [0, 0.1) is 5.92 Å². The second-order valence-corrected chi connectivity index (χ2v) is 6.16. The molecule has 5 nitrogen and oxygen atoms in total. The maximum absolute atomic E-state index is 12.4. The molecule has 1 N–H and O–H groups in total. The zero-order valence-corrected chi connectivity index (χ0v) is 12.2. The maximum atomic E-state index is 12.4. The van der Waals surface area contributed by atoms with Gasteiger partial charge in [-0.25, -0.2) is 0 Å². The monoisotopic (exact) mass is 276 g/mol. The highest BCUT2D eigenvalue weighted by molar-refractivity contribution is 5.92. The molecule has 3 rings (SSSR count). The van der Waals surface area contributed by atoms with Crippen molar-refractivity contribution in [3.63, 3.8) is 0 Å². The number of hydrogen-bond acceptors (Lipinski definition) is 3. The van der Waals surface area contributed by atoms with E-state index in [2.05, 4.69) is 10.4 Å². The van der Waals surface area contributed by atoms with Gasteiger partial charge >= 0.3 is 0 Å². The van der Waals surface area contributed by atoms with Gasteiger partial charge in [-0.1, -0.05) is 6.42 Å². The average Bonchev–Trinajstić information content (AvgIpc) is 2.92. The quantitative estimate of drug-likeness (QED) is 0.910. The molecule has 2 fully saturated rings. The Kier molecular flexibility index (Phi) is 4.05. The fourth-order valence-corrected chi connectivity index (χ4v) is 3.06. The molecule has 1 atom stereocenters. The summed E-state index contributed by atoms with van der Waals surface area (Å²) in [5.74, 6) is 0.757. The van der Waals surface area contributed by atoms with E-state index in [1.54, 1.807) is 0 Å². The van der Waals surface area contributed by atoms with Crippen LogP contribution in [0.1, 0.15) is 48.6 Å². The van der Waals surface area contributed by atoms with Crippen LogP contribution in [-0.2, 0) is 0 Å². The van der Waals surface area contributed by atoms with E-state index in [-0.39, 0.29) is 5.91 Å². The number of nitrogens with one attached hydrogen (secondary N) is 1. The topological polar surface area (TPSA) is 50.2 Å². The highest BCUT2D eigenvalue weighted by atomic mass is 16.2. The summed E-state index contributed by atoms with van der Waals surface area (Å²) in [5, 5.41) is 7.87.